The van der Waals surface area contributed by atoms with Gasteiger partial charge in [-0.1, -0.05) is 36.6 Å². The third-order valence-corrected chi connectivity index (χ3v) is 5.65. The molecular formula is C23H27N3O2. The van der Waals surface area contributed by atoms with E-state index in [4.69, 9.17) is 9.47 Å². The van der Waals surface area contributed by atoms with Crippen molar-refractivity contribution in [3.05, 3.63) is 65.7 Å². The minimum atomic E-state index is 0.0728. The lowest BCUT2D eigenvalue weighted by atomic mass is 9.92. The normalized spacial score (nSPS) is 20.0. The third-order valence-electron chi connectivity index (χ3n) is 5.65. The first-order chi connectivity index (χ1) is 13.8. The second-order valence-corrected chi connectivity index (χ2v) is 7.36. The summed E-state index contributed by atoms with van der Waals surface area (Å²) in [6.07, 6.45) is 8.43. The molecule has 0 saturated heterocycles. The fourth-order valence-corrected chi connectivity index (χ4v) is 4.03. The van der Waals surface area contributed by atoms with Gasteiger partial charge in [0.05, 0.1) is 26.0 Å². The summed E-state index contributed by atoms with van der Waals surface area (Å²) >= 11 is 0. The van der Waals surface area contributed by atoms with Gasteiger partial charge in [0.15, 0.2) is 0 Å². The molecule has 0 radical (unpaired) electrons. The molecule has 2 aromatic carbocycles. The molecule has 0 spiro atoms. The van der Waals surface area contributed by atoms with Crippen LogP contribution in [-0.4, -0.2) is 25.3 Å². The summed E-state index contributed by atoms with van der Waals surface area (Å²) in [5, 5.41) is 11.5. The van der Waals surface area contributed by atoms with Crippen LogP contribution in [0.4, 0.5) is 0 Å². The first-order valence-electron chi connectivity index (χ1n) is 9.98. The second kappa shape index (κ2) is 8.46. The standard InChI is InChI=1S/C23H27N3O2/c1-27-20-12-8-17(9-13-20)22-16-23(18-10-14-21(28-2)15-11-18)26(25-24-22)19-6-4-3-5-7-19/h8-16,19,23H,3-7H2,1-2H3. The molecule has 1 heterocycles. The van der Waals surface area contributed by atoms with Crippen molar-refractivity contribution in [2.45, 2.75) is 44.2 Å². The van der Waals surface area contributed by atoms with Crippen LogP contribution in [0.1, 0.15) is 49.3 Å². The minimum Gasteiger partial charge on any atom is -0.497 e. The number of methoxy groups -OCH3 is 2. The van der Waals surface area contributed by atoms with E-state index in [0.29, 0.717) is 6.04 Å². The highest BCUT2D eigenvalue weighted by Gasteiger charge is 2.30. The summed E-state index contributed by atoms with van der Waals surface area (Å²) in [6.45, 7) is 0. The Morgan fingerprint density at radius 1 is 0.821 bits per heavy atom. The summed E-state index contributed by atoms with van der Waals surface area (Å²) in [7, 11) is 3.37. The van der Waals surface area contributed by atoms with E-state index in [1.165, 1.54) is 37.7 Å². The van der Waals surface area contributed by atoms with Crippen molar-refractivity contribution in [1.29, 1.82) is 0 Å². The molecule has 1 saturated carbocycles. The summed E-state index contributed by atoms with van der Waals surface area (Å²) in [6, 6.07) is 16.8. The van der Waals surface area contributed by atoms with Crippen molar-refractivity contribution in [1.82, 2.24) is 5.01 Å². The van der Waals surface area contributed by atoms with Crippen LogP contribution in [0.15, 0.2) is 64.9 Å². The van der Waals surface area contributed by atoms with E-state index in [2.05, 4.69) is 33.6 Å². The molecule has 1 aliphatic heterocycles. The van der Waals surface area contributed by atoms with Gasteiger partial charge in [-0.05, 0) is 60.9 Å². The van der Waals surface area contributed by atoms with Crippen molar-refractivity contribution >= 4 is 5.70 Å². The Labute approximate surface area is 166 Å². The lowest BCUT2D eigenvalue weighted by Gasteiger charge is -2.37. The van der Waals surface area contributed by atoms with E-state index < -0.39 is 0 Å². The van der Waals surface area contributed by atoms with Gasteiger partial charge in [0, 0.05) is 11.6 Å². The molecule has 1 unspecified atom stereocenters. The zero-order chi connectivity index (χ0) is 19.3. The maximum Gasteiger partial charge on any atom is 0.118 e. The molecule has 1 fully saturated rings. The van der Waals surface area contributed by atoms with Gasteiger partial charge in [-0.15, -0.1) is 5.11 Å². The van der Waals surface area contributed by atoms with Crippen LogP contribution in [0.25, 0.3) is 5.70 Å². The van der Waals surface area contributed by atoms with E-state index in [0.717, 1.165) is 22.8 Å². The van der Waals surface area contributed by atoms with Crippen LogP contribution in [0.3, 0.4) is 0 Å². The van der Waals surface area contributed by atoms with Gasteiger partial charge in [-0.3, -0.25) is 5.01 Å². The Hall–Kier alpha value is -2.82. The summed E-state index contributed by atoms with van der Waals surface area (Å²) in [5.41, 5.74) is 3.15. The molecule has 1 atom stereocenters. The summed E-state index contributed by atoms with van der Waals surface area (Å²) < 4.78 is 10.6. The van der Waals surface area contributed by atoms with Gasteiger partial charge in [0.2, 0.25) is 0 Å². The predicted octanol–water partition coefficient (Wildman–Crippen LogP) is 5.80. The Bertz CT molecular complexity index is 837. The average molecular weight is 377 g/mol. The molecular weight excluding hydrogens is 350 g/mol. The number of ether oxygens (including phenoxy) is 2. The van der Waals surface area contributed by atoms with Crippen LogP contribution < -0.4 is 9.47 Å². The fourth-order valence-electron chi connectivity index (χ4n) is 4.03. The Kier molecular flexibility index (Phi) is 5.60. The number of benzene rings is 2. The van der Waals surface area contributed by atoms with Crippen molar-refractivity contribution in [2.75, 3.05) is 14.2 Å². The quantitative estimate of drug-likeness (QED) is 0.661. The topological polar surface area (TPSA) is 46.4 Å². The zero-order valence-corrected chi connectivity index (χ0v) is 16.5. The van der Waals surface area contributed by atoms with Gasteiger partial charge < -0.3 is 9.47 Å². The number of rotatable bonds is 5. The number of nitrogens with zero attached hydrogens (tertiary/aromatic N) is 3. The summed E-state index contributed by atoms with van der Waals surface area (Å²) in [4.78, 5) is 0. The highest BCUT2D eigenvalue weighted by Crippen LogP contribution is 2.37. The van der Waals surface area contributed by atoms with Crippen molar-refractivity contribution < 1.29 is 9.47 Å². The fraction of sp³-hybridized carbons (Fsp3) is 0.391. The van der Waals surface area contributed by atoms with E-state index in [1.54, 1.807) is 14.2 Å². The van der Waals surface area contributed by atoms with Crippen molar-refractivity contribution in [3.8, 4) is 11.5 Å². The molecule has 0 bridgehead atoms. The monoisotopic (exact) mass is 377 g/mol. The highest BCUT2D eigenvalue weighted by molar-refractivity contribution is 5.66. The molecule has 2 aliphatic rings. The van der Waals surface area contributed by atoms with E-state index in [9.17, 15) is 0 Å². The lowest BCUT2D eigenvalue weighted by Crippen LogP contribution is -2.36. The molecule has 146 valence electrons. The number of hydrogen-bond acceptors (Lipinski definition) is 5. The third kappa shape index (κ3) is 3.88. The molecule has 1 aliphatic carbocycles. The molecule has 0 N–H and O–H groups in total. The molecule has 2 aromatic rings. The van der Waals surface area contributed by atoms with Crippen LogP contribution >= 0.6 is 0 Å². The molecule has 28 heavy (non-hydrogen) atoms. The summed E-state index contributed by atoms with van der Waals surface area (Å²) in [5.74, 6) is 1.71. The van der Waals surface area contributed by atoms with Gasteiger partial charge in [0.1, 0.15) is 11.5 Å². The second-order valence-electron chi connectivity index (χ2n) is 7.36. The smallest absolute Gasteiger partial charge is 0.118 e. The molecule has 5 heteroatoms. The van der Waals surface area contributed by atoms with Crippen molar-refractivity contribution in [3.63, 3.8) is 0 Å². The Morgan fingerprint density at radius 2 is 1.43 bits per heavy atom. The Balaban J connectivity index is 1.67. The Morgan fingerprint density at radius 3 is 2.04 bits per heavy atom. The van der Waals surface area contributed by atoms with Gasteiger partial charge >= 0.3 is 0 Å². The number of hydrogen-bond donors (Lipinski definition) is 0. The average Bonchev–Trinajstić information content (AvgIpc) is 2.79. The van der Waals surface area contributed by atoms with Crippen LogP contribution in [0.2, 0.25) is 0 Å². The van der Waals surface area contributed by atoms with Gasteiger partial charge in [0.25, 0.3) is 0 Å². The van der Waals surface area contributed by atoms with Gasteiger partial charge in [-0.25, -0.2) is 0 Å². The van der Waals surface area contributed by atoms with E-state index >= 15 is 0 Å². The molecule has 5 nitrogen and oxygen atoms in total. The van der Waals surface area contributed by atoms with E-state index in [1.807, 2.05) is 36.4 Å². The predicted molar refractivity (Wildman–Crippen MR) is 110 cm³/mol. The SMILES string of the molecule is COc1ccc(C2=CC(c3ccc(OC)cc3)N(C3CCCCC3)N=N2)cc1. The van der Waals surface area contributed by atoms with Crippen molar-refractivity contribution in [2.24, 2.45) is 10.3 Å². The lowest BCUT2D eigenvalue weighted by molar-refractivity contribution is 0.116. The molecule has 0 amide bonds. The highest BCUT2D eigenvalue weighted by atomic mass is 16.5. The van der Waals surface area contributed by atoms with Crippen LogP contribution in [0, 0.1) is 0 Å². The van der Waals surface area contributed by atoms with Gasteiger partial charge in [-0.2, -0.15) is 0 Å². The first kappa shape index (κ1) is 18.5. The zero-order valence-electron chi connectivity index (χ0n) is 16.5. The van der Waals surface area contributed by atoms with Crippen LogP contribution in [-0.2, 0) is 0 Å². The minimum absolute atomic E-state index is 0.0728. The maximum absolute atomic E-state index is 5.33. The van der Waals surface area contributed by atoms with Crippen LogP contribution in [0.5, 0.6) is 11.5 Å². The van der Waals surface area contributed by atoms with E-state index in [-0.39, 0.29) is 6.04 Å². The first-order valence-corrected chi connectivity index (χ1v) is 9.98. The largest absolute Gasteiger partial charge is 0.497 e. The maximum atomic E-state index is 5.33. The molecule has 0 aromatic heterocycles. The molecule has 4 rings (SSSR count).